The van der Waals surface area contributed by atoms with Crippen molar-refractivity contribution in [1.29, 1.82) is 0 Å². The van der Waals surface area contributed by atoms with Gasteiger partial charge in [-0.2, -0.15) is 0 Å². The Morgan fingerprint density at radius 3 is 2.33 bits per heavy atom. The van der Waals surface area contributed by atoms with Crippen LogP contribution in [0.5, 0.6) is 0 Å². The quantitative estimate of drug-likeness (QED) is 0.797. The first-order valence-electron chi connectivity index (χ1n) is 4.97. The van der Waals surface area contributed by atoms with Gasteiger partial charge in [0.05, 0.1) is 0 Å². The molecule has 15 heavy (non-hydrogen) atoms. The molecular formula is C12H16O2S. The van der Waals surface area contributed by atoms with Crippen LogP contribution in [0.3, 0.4) is 0 Å². The average molecular weight is 224 g/mol. The van der Waals surface area contributed by atoms with E-state index in [0.717, 1.165) is 4.90 Å². The van der Waals surface area contributed by atoms with E-state index >= 15 is 0 Å². The van der Waals surface area contributed by atoms with Crippen LogP contribution in [0.15, 0.2) is 29.2 Å². The second-order valence-corrected chi connectivity index (χ2v) is 5.38. The van der Waals surface area contributed by atoms with Crippen molar-refractivity contribution in [2.45, 2.75) is 36.8 Å². The van der Waals surface area contributed by atoms with Gasteiger partial charge in [0.15, 0.2) is 0 Å². The molecule has 0 aromatic heterocycles. The smallest absolute Gasteiger partial charge is 0.319 e. The maximum Gasteiger partial charge on any atom is 0.319 e. The number of thioether (sulfide) groups is 1. The SMILES string of the molecule is CCC(C)(Sc1ccc(C)cc1)C(=O)O. The summed E-state index contributed by atoms with van der Waals surface area (Å²) in [5.41, 5.74) is 1.19. The van der Waals surface area contributed by atoms with Gasteiger partial charge >= 0.3 is 5.97 Å². The van der Waals surface area contributed by atoms with Crippen molar-refractivity contribution < 1.29 is 9.90 Å². The van der Waals surface area contributed by atoms with Gasteiger partial charge in [-0.3, -0.25) is 4.79 Å². The fourth-order valence-electron chi connectivity index (χ4n) is 1.13. The molecule has 1 rings (SSSR count). The summed E-state index contributed by atoms with van der Waals surface area (Å²) in [6.07, 6.45) is 0.612. The summed E-state index contributed by atoms with van der Waals surface area (Å²) in [5, 5.41) is 9.13. The number of aliphatic carboxylic acids is 1. The molecule has 0 spiro atoms. The summed E-state index contributed by atoms with van der Waals surface area (Å²) >= 11 is 1.41. The Morgan fingerprint density at radius 2 is 1.93 bits per heavy atom. The zero-order chi connectivity index (χ0) is 11.5. The zero-order valence-corrected chi connectivity index (χ0v) is 10.1. The Hall–Kier alpha value is -0.960. The average Bonchev–Trinajstić information content (AvgIpc) is 2.21. The lowest BCUT2D eigenvalue weighted by Gasteiger charge is -2.22. The fourth-order valence-corrected chi connectivity index (χ4v) is 2.16. The molecule has 0 saturated carbocycles. The van der Waals surface area contributed by atoms with E-state index in [4.69, 9.17) is 5.11 Å². The van der Waals surface area contributed by atoms with Gasteiger partial charge in [-0.25, -0.2) is 0 Å². The molecule has 0 bridgehead atoms. The predicted molar refractivity (Wildman–Crippen MR) is 63.4 cm³/mol. The molecule has 1 atom stereocenters. The van der Waals surface area contributed by atoms with Crippen LogP contribution in [-0.2, 0) is 4.79 Å². The van der Waals surface area contributed by atoms with Crippen LogP contribution in [0.1, 0.15) is 25.8 Å². The molecule has 0 aliphatic rings. The van der Waals surface area contributed by atoms with E-state index in [1.54, 1.807) is 6.92 Å². The summed E-state index contributed by atoms with van der Waals surface area (Å²) in [5.74, 6) is -0.754. The first kappa shape index (κ1) is 12.1. The Labute approximate surface area is 94.7 Å². The molecule has 0 fully saturated rings. The Balaban J connectivity index is 2.84. The van der Waals surface area contributed by atoms with Gasteiger partial charge in [-0.05, 0) is 32.4 Å². The third kappa shape index (κ3) is 2.99. The van der Waals surface area contributed by atoms with Crippen molar-refractivity contribution in [1.82, 2.24) is 0 Å². The Bertz CT molecular complexity index is 345. The van der Waals surface area contributed by atoms with Gasteiger partial charge in [-0.15, -0.1) is 11.8 Å². The molecule has 82 valence electrons. The third-order valence-electron chi connectivity index (χ3n) is 2.49. The first-order valence-corrected chi connectivity index (χ1v) is 5.78. The minimum atomic E-state index is -0.754. The Morgan fingerprint density at radius 1 is 1.40 bits per heavy atom. The maximum atomic E-state index is 11.1. The van der Waals surface area contributed by atoms with Gasteiger partial charge in [0.2, 0.25) is 0 Å². The molecule has 0 saturated heterocycles. The van der Waals surface area contributed by atoms with Crippen LogP contribution in [-0.4, -0.2) is 15.8 Å². The van der Waals surface area contributed by atoms with Crippen molar-refractivity contribution in [2.24, 2.45) is 0 Å². The number of carboxylic acids is 1. The van der Waals surface area contributed by atoms with E-state index in [-0.39, 0.29) is 0 Å². The van der Waals surface area contributed by atoms with Crippen LogP contribution in [0.25, 0.3) is 0 Å². The van der Waals surface area contributed by atoms with E-state index in [1.165, 1.54) is 17.3 Å². The number of hydrogen-bond donors (Lipinski definition) is 1. The van der Waals surface area contributed by atoms with Crippen LogP contribution in [0, 0.1) is 6.92 Å². The number of carbonyl (C=O) groups is 1. The van der Waals surface area contributed by atoms with Gasteiger partial charge < -0.3 is 5.11 Å². The molecule has 1 N–H and O–H groups in total. The second-order valence-electron chi connectivity index (χ2n) is 3.80. The zero-order valence-electron chi connectivity index (χ0n) is 9.28. The van der Waals surface area contributed by atoms with E-state index < -0.39 is 10.7 Å². The van der Waals surface area contributed by atoms with Crippen molar-refractivity contribution in [3.05, 3.63) is 29.8 Å². The van der Waals surface area contributed by atoms with Crippen LogP contribution in [0.4, 0.5) is 0 Å². The van der Waals surface area contributed by atoms with Gasteiger partial charge in [0.25, 0.3) is 0 Å². The number of carboxylic acid groups (broad SMARTS) is 1. The summed E-state index contributed by atoms with van der Waals surface area (Å²) in [4.78, 5) is 12.1. The van der Waals surface area contributed by atoms with Crippen molar-refractivity contribution >= 4 is 17.7 Å². The monoisotopic (exact) mass is 224 g/mol. The lowest BCUT2D eigenvalue weighted by Crippen LogP contribution is -2.30. The second kappa shape index (κ2) is 4.71. The lowest BCUT2D eigenvalue weighted by atomic mass is 10.1. The highest BCUT2D eigenvalue weighted by Gasteiger charge is 2.32. The van der Waals surface area contributed by atoms with E-state index in [1.807, 2.05) is 38.1 Å². The molecule has 1 aromatic rings. The minimum Gasteiger partial charge on any atom is -0.480 e. The van der Waals surface area contributed by atoms with Crippen molar-refractivity contribution in [2.75, 3.05) is 0 Å². The summed E-state index contributed by atoms with van der Waals surface area (Å²) in [7, 11) is 0. The minimum absolute atomic E-state index is 0.612. The van der Waals surface area contributed by atoms with E-state index in [0.29, 0.717) is 6.42 Å². The summed E-state index contributed by atoms with van der Waals surface area (Å²) < 4.78 is -0.727. The number of rotatable bonds is 4. The third-order valence-corrected chi connectivity index (χ3v) is 3.91. The molecule has 1 aromatic carbocycles. The molecule has 0 aliphatic heterocycles. The topological polar surface area (TPSA) is 37.3 Å². The first-order chi connectivity index (χ1) is 6.98. The van der Waals surface area contributed by atoms with Gasteiger partial charge in [0, 0.05) is 4.90 Å². The van der Waals surface area contributed by atoms with Crippen molar-refractivity contribution in [3.63, 3.8) is 0 Å². The maximum absolute atomic E-state index is 11.1. The highest BCUT2D eigenvalue weighted by Crippen LogP contribution is 2.35. The van der Waals surface area contributed by atoms with Gasteiger partial charge in [0.1, 0.15) is 4.75 Å². The lowest BCUT2D eigenvalue weighted by molar-refractivity contribution is -0.139. The standard InChI is InChI=1S/C12H16O2S/c1-4-12(3,11(13)14)15-10-7-5-9(2)6-8-10/h5-8H,4H2,1-3H3,(H,13,14). The van der Waals surface area contributed by atoms with E-state index in [9.17, 15) is 4.79 Å². The highest BCUT2D eigenvalue weighted by molar-refractivity contribution is 8.01. The normalized spacial score (nSPS) is 14.6. The highest BCUT2D eigenvalue weighted by atomic mass is 32.2. The fraction of sp³-hybridized carbons (Fsp3) is 0.417. The number of hydrogen-bond acceptors (Lipinski definition) is 2. The Kier molecular flexibility index (Phi) is 3.80. The van der Waals surface area contributed by atoms with Crippen molar-refractivity contribution in [3.8, 4) is 0 Å². The molecule has 2 nitrogen and oxygen atoms in total. The van der Waals surface area contributed by atoms with Crippen LogP contribution >= 0.6 is 11.8 Å². The molecular weight excluding hydrogens is 208 g/mol. The number of aryl methyl sites for hydroxylation is 1. The predicted octanol–water partition coefficient (Wildman–Crippen LogP) is 3.34. The molecule has 0 aliphatic carbocycles. The number of benzene rings is 1. The van der Waals surface area contributed by atoms with Gasteiger partial charge in [-0.1, -0.05) is 24.6 Å². The molecule has 0 amide bonds. The van der Waals surface area contributed by atoms with Crippen LogP contribution in [0.2, 0.25) is 0 Å². The summed E-state index contributed by atoms with van der Waals surface area (Å²) in [6, 6.07) is 7.94. The molecule has 1 unspecified atom stereocenters. The van der Waals surface area contributed by atoms with Crippen LogP contribution < -0.4 is 0 Å². The molecule has 3 heteroatoms. The molecule has 0 radical (unpaired) electrons. The summed E-state index contributed by atoms with van der Waals surface area (Å²) in [6.45, 7) is 5.68. The van der Waals surface area contributed by atoms with E-state index in [2.05, 4.69) is 0 Å². The molecule has 0 heterocycles. The largest absolute Gasteiger partial charge is 0.480 e.